The van der Waals surface area contributed by atoms with Crippen LogP contribution in [0.25, 0.3) is 5.69 Å². The molecule has 3 rings (SSSR count). The Balaban J connectivity index is 1.84. The van der Waals surface area contributed by atoms with Crippen LogP contribution < -0.4 is 5.32 Å². The number of nitrogens with one attached hydrogen (secondary N) is 1. The average molecular weight is 325 g/mol. The van der Waals surface area contributed by atoms with Crippen molar-refractivity contribution in [1.82, 2.24) is 15.1 Å². The molecule has 0 aliphatic heterocycles. The number of carbonyl (C=O) groups excluding carboxylic acids is 1. The summed E-state index contributed by atoms with van der Waals surface area (Å²) < 4.78 is 1.93. The minimum absolute atomic E-state index is 0.0539. The van der Waals surface area contributed by atoms with E-state index in [-0.39, 0.29) is 11.9 Å². The van der Waals surface area contributed by atoms with Gasteiger partial charge in [0.2, 0.25) is 0 Å². The quantitative estimate of drug-likeness (QED) is 0.787. The van der Waals surface area contributed by atoms with Crippen molar-refractivity contribution in [2.24, 2.45) is 0 Å². The van der Waals surface area contributed by atoms with Crippen LogP contribution in [0.5, 0.6) is 0 Å². The number of aromatic nitrogens is 2. The molecule has 1 aromatic carbocycles. The summed E-state index contributed by atoms with van der Waals surface area (Å²) in [6.07, 6.45) is 1.83. The largest absolute Gasteiger partial charge is 0.345 e. The van der Waals surface area contributed by atoms with Crippen LogP contribution in [0.1, 0.15) is 40.1 Å². The molecule has 0 saturated carbocycles. The first-order chi connectivity index (χ1) is 11.1. The number of hydrogen-bond donors (Lipinski definition) is 1. The number of aryl methyl sites for hydroxylation is 1. The maximum Gasteiger partial charge on any atom is 0.252 e. The Morgan fingerprint density at radius 2 is 2.04 bits per heavy atom. The summed E-state index contributed by atoms with van der Waals surface area (Å²) in [5.41, 5.74) is 4.99. The van der Waals surface area contributed by atoms with Crippen molar-refractivity contribution in [3.05, 3.63) is 69.7 Å². The summed E-state index contributed by atoms with van der Waals surface area (Å²) in [4.78, 5) is 12.2. The third-order valence-electron chi connectivity index (χ3n) is 3.99. The van der Waals surface area contributed by atoms with Gasteiger partial charge in [-0.05, 0) is 43.8 Å². The lowest BCUT2D eigenvalue weighted by Crippen LogP contribution is -2.26. The van der Waals surface area contributed by atoms with E-state index in [0.717, 1.165) is 16.9 Å². The first kappa shape index (κ1) is 15.5. The van der Waals surface area contributed by atoms with Crippen LogP contribution in [0.2, 0.25) is 0 Å². The molecule has 0 bridgehead atoms. The molecule has 2 aromatic heterocycles. The second-order valence-corrected chi connectivity index (χ2v) is 6.37. The van der Waals surface area contributed by atoms with Crippen molar-refractivity contribution >= 4 is 17.2 Å². The molecule has 4 nitrogen and oxygen atoms in total. The molecule has 0 unspecified atom stereocenters. The fourth-order valence-electron chi connectivity index (χ4n) is 2.64. The molecular formula is C18H19N3OS. The van der Waals surface area contributed by atoms with Gasteiger partial charge in [-0.2, -0.15) is 16.4 Å². The minimum atomic E-state index is -0.0971. The highest BCUT2D eigenvalue weighted by Gasteiger charge is 2.17. The van der Waals surface area contributed by atoms with Crippen LogP contribution in [0, 0.1) is 13.8 Å². The zero-order valence-corrected chi connectivity index (χ0v) is 14.2. The molecule has 5 heteroatoms. The van der Waals surface area contributed by atoms with Crippen LogP contribution in [0.15, 0.2) is 47.3 Å². The van der Waals surface area contributed by atoms with Crippen molar-refractivity contribution in [1.29, 1.82) is 0 Å². The number of hydrogen-bond acceptors (Lipinski definition) is 3. The summed E-state index contributed by atoms with van der Waals surface area (Å²) in [5.74, 6) is -0.0539. The number of benzene rings is 1. The maximum atomic E-state index is 12.2. The SMILES string of the molecule is Cc1ccccc1-n1ncc([C@@H](C)NC(=O)c2ccsc2)c1C. The summed E-state index contributed by atoms with van der Waals surface area (Å²) in [6.45, 7) is 6.08. The standard InChI is InChI=1S/C18H19N3OS/c1-12-6-4-5-7-17(12)21-14(3)16(10-19-21)13(2)20-18(22)15-8-9-23-11-15/h4-11,13H,1-3H3,(H,20,22)/t13-/m1/s1. The molecule has 0 saturated heterocycles. The Hall–Kier alpha value is -2.40. The summed E-state index contributed by atoms with van der Waals surface area (Å²) in [5, 5.41) is 11.3. The van der Waals surface area contributed by atoms with E-state index < -0.39 is 0 Å². The van der Waals surface area contributed by atoms with Crippen molar-refractivity contribution in [3.63, 3.8) is 0 Å². The van der Waals surface area contributed by atoms with E-state index in [2.05, 4.69) is 23.4 Å². The third-order valence-corrected chi connectivity index (χ3v) is 4.67. The Morgan fingerprint density at radius 3 is 2.74 bits per heavy atom. The molecule has 0 radical (unpaired) electrons. The van der Waals surface area contributed by atoms with Gasteiger partial charge in [0.05, 0.1) is 23.5 Å². The highest BCUT2D eigenvalue weighted by molar-refractivity contribution is 7.08. The summed E-state index contributed by atoms with van der Waals surface area (Å²) in [7, 11) is 0. The molecule has 1 N–H and O–H groups in total. The fraction of sp³-hybridized carbons (Fsp3) is 0.222. The van der Waals surface area contributed by atoms with Gasteiger partial charge < -0.3 is 5.32 Å². The predicted octanol–water partition coefficient (Wildman–Crippen LogP) is 4.04. The molecule has 1 atom stereocenters. The lowest BCUT2D eigenvalue weighted by molar-refractivity contribution is 0.0940. The second kappa shape index (κ2) is 6.38. The van der Waals surface area contributed by atoms with Crippen molar-refractivity contribution in [2.75, 3.05) is 0 Å². The van der Waals surface area contributed by atoms with Gasteiger partial charge in [-0.1, -0.05) is 18.2 Å². The number of carbonyl (C=O) groups is 1. The Kier molecular flexibility index (Phi) is 4.30. The number of nitrogens with zero attached hydrogens (tertiary/aromatic N) is 2. The average Bonchev–Trinajstić information content (AvgIpc) is 3.17. The molecule has 0 spiro atoms. The van der Waals surface area contributed by atoms with E-state index in [4.69, 9.17) is 0 Å². The van der Waals surface area contributed by atoms with Gasteiger partial charge in [-0.25, -0.2) is 4.68 Å². The highest BCUT2D eigenvalue weighted by atomic mass is 32.1. The van der Waals surface area contributed by atoms with E-state index in [1.807, 2.05) is 59.8 Å². The first-order valence-electron chi connectivity index (χ1n) is 7.51. The molecule has 2 heterocycles. The van der Waals surface area contributed by atoms with Gasteiger partial charge in [0.1, 0.15) is 0 Å². The number of amides is 1. The molecule has 3 aromatic rings. The third kappa shape index (κ3) is 3.05. The van der Waals surface area contributed by atoms with E-state index in [0.29, 0.717) is 5.56 Å². The highest BCUT2D eigenvalue weighted by Crippen LogP contribution is 2.22. The lowest BCUT2D eigenvalue weighted by Gasteiger charge is -2.14. The van der Waals surface area contributed by atoms with Crippen molar-refractivity contribution in [3.8, 4) is 5.69 Å². The molecular weight excluding hydrogens is 306 g/mol. The number of para-hydroxylation sites is 1. The molecule has 0 fully saturated rings. The smallest absolute Gasteiger partial charge is 0.252 e. The van der Waals surface area contributed by atoms with Crippen LogP contribution in [0.4, 0.5) is 0 Å². The van der Waals surface area contributed by atoms with Crippen LogP contribution in [-0.4, -0.2) is 15.7 Å². The van der Waals surface area contributed by atoms with Crippen LogP contribution in [0.3, 0.4) is 0 Å². The van der Waals surface area contributed by atoms with Gasteiger partial charge in [-0.15, -0.1) is 0 Å². The Morgan fingerprint density at radius 1 is 1.26 bits per heavy atom. The van der Waals surface area contributed by atoms with Crippen LogP contribution in [-0.2, 0) is 0 Å². The van der Waals surface area contributed by atoms with Gasteiger partial charge in [0, 0.05) is 16.6 Å². The van der Waals surface area contributed by atoms with E-state index >= 15 is 0 Å². The zero-order chi connectivity index (χ0) is 16.4. The van der Waals surface area contributed by atoms with Crippen molar-refractivity contribution < 1.29 is 4.79 Å². The molecule has 0 aliphatic carbocycles. The predicted molar refractivity (Wildman–Crippen MR) is 93.2 cm³/mol. The molecule has 118 valence electrons. The van der Waals surface area contributed by atoms with Gasteiger partial charge in [-0.3, -0.25) is 4.79 Å². The van der Waals surface area contributed by atoms with E-state index in [1.54, 1.807) is 0 Å². The molecule has 23 heavy (non-hydrogen) atoms. The maximum absolute atomic E-state index is 12.2. The Labute approximate surface area is 139 Å². The van der Waals surface area contributed by atoms with Gasteiger partial charge in [0.15, 0.2) is 0 Å². The first-order valence-corrected chi connectivity index (χ1v) is 8.46. The summed E-state index contributed by atoms with van der Waals surface area (Å²) in [6, 6.07) is 9.87. The van der Waals surface area contributed by atoms with Crippen LogP contribution >= 0.6 is 11.3 Å². The van der Waals surface area contributed by atoms with Gasteiger partial charge in [0.25, 0.3) is 5.91 Å². The fourth-order valence-corrected chi connectivity index (χ4v) is 3.28. The normalized spacial score (nSPS) is 12.1. The topological polar surface area (TPSA) is 46.9 Å². The Bertz CT molecular complexity index is 821. The van der Waals surface area contributed by atoms with E-state index in [9.17, 15) is 4.79 Å². The van der Waals surface area contributed by atoms with Crippen molar-refractivity contribution in [2.45, 2.75) is 26.8 Å². The monoisotopic (exact) mass is 325 g/mol. The number of thiophene rings is 1. The zero-order valence-electron chi connectivity index (χ0n) is 13.4. The molecule has 1 amide bonds. The minimum Gasteiger partial charge on any atom is -0.345 e. The summed E-state index contributed by atoms with van der Waals surface area (Å²) >= 11 is 1.52. The number of rotatable bonds is 4. The lowest BCUT2D eigenvalue weighted by atomic mass is 10.1. The second-order valence-electron chi connectivity index (χ2n) is 5.59. The molecule has 0 aliphatic rings. The van der Waals surface area contributed by atoms with E-state index in [1.165, 1.54) is 16.9 Å². The van der Waals surface area contributed by atoms with Gasteiger partial charge >= 0.3 is 0 Å².